The highest BCUT2D eigenvalue weighted by atomic mass is 16.5. The van der Waals surface area contributed by atoms with E-state index in [4.69, 9.17) is 9.47 Å². The van der Waals surface area contributed by atoms with Gasteiger partial charge in [0.05, 0.1) is 0 Å². The summed E-state index contributed by atoms with van der Waals surface area (Å²) < 4.78 is 9.66. The molecule has 4 nitrogen and oxygen atoms in total. The third-order valence-corrected chi connectivity index (χ3v) is 2.93. The Hall–Kier alpha value is -1.84. The highest BCUT2D eigenvalue weighted by Gasteiger charge is 2.24. The van der Waals surface area contributed by atoms with Gasteiger partial charge in [-0.1, -0.05) is 19.2 Å². The lowest BCUT2D eigenvalue weighted by Gasteiger charge is -2.11. The number of ether oxygens (including phenoxy) is 2. The summed E-state index contributed by atoms with van der Waals surface area (Å²) >= 11 is 0. The highest BCUT2D eigenvalue weighted by molar-refractivity contribution is 5.81. The Morgan fingerprint density at radius 2 is 1.90 bits per heavy atom. The standard InChI is InChI=1S/C10H14O2.C6H8O2/c1-2-10(11)12-8-9-6-4-3-5-7-9;1-2-6(7)8-5-3-4-5/h2,6H,1,3-5,7-8H2;2,5H,1,3-4H2. The molecule has 0 N–H and O–H groups in total. The van der Waals surface area contributed by atoms with E-state index in [1.54, 1.807) is 0 Å². The molecule has 0 amide bonds. The van der Waals surface area contributed by atoms with Gasteiger partial charge in [0.1, 0.15) is 12.7 Å². The molecule has 0 bridgehead atoms. The Kier molecular flexibility index (Phi) is 7.40. The van der Waals surface area contributed by atoms with Crippen molar-refractivity contribution in [2.45, 2.75) is 44.6 Å². The van der Waals surface area contributed by atoms with Crippen molar-refractivity contribution in [2.75, 3.05) is 6.61 Å². The molecular weight excluding hydrogens is 256 g/mol. The Labute approximate surface area is 120 Å². The van der Waals surface area contributed by atoms with E-state index in [1.807, 2.05) is 0 Å². The number of carbonyl (C=O) groups excluding carboxylic acids is 2. The molecule has 0 unspecified atom stereocenters. The molecular formula is C16H22O4. The molecule has 0 aromatic heterocycles. The van der Waals surface area contributed by atoms with Crippen molar-refractivity contribution in [3.63, 3.8) is 0 Å². The fourth-order valence-corrected chi connectivity index (χ4v) is 1.66. The third-order valence-electron chi connectivity index (χ3n) is 2.93. The van der Waals surface area contributed by atoms with Gasteiger partial charge < -0.3 is 9.47 Å². The van der Waals surface area contributed by atoms with Gasteiger partial charge in [-0.3, -0.25) is 0 Å². The van der Waals surface area contributed by atoms with E-state index in [2.05, 4.69) is 19.2 Å². The lowest BCUT2D eigenvalue weighted by atomic mass is 10.0. The van der Waals surface area contributed by atoms with Gasteiger partial charge in [0.2, 0.25) is 0 Å². The maximum absolute atomic E-state index is 10.7. The Morgan fingerprint density at radius 3 is 2.40 bits per heavy atom. The van der Waals surface area contributed by atoms with Gasteiger partial charge in [-0.2, -0.15) is 0 Å². The van der Waals surface area contributed by atoms with E-state index in [0.717, 1.165) is 25.7 Å². The molecule has 110 valence electrons. The second-order valence-electron chi connectivity index (χ2n) is 4.76. The van der Waals surface area contributed by atoms with Gasteiger partial charge in [0, 0.05) is 12.2 Å². The molecule has 0 aliphatic heterocycles. The second kappa shape index (κ2) is 9.13. The lowest BCUT2D eigenvalue weighted by molar-refractivity contribution is -0.139. The molecule has 0 spiro atoms. The Balaban J connectivity index is 0.000000217. The minimum absolute atomic E-state index is 0.209. The average Bonchev–Trinajstić information content (AvgIpc) is 3.30. The molecule has 0 radical (unpaired) electrons. The van der Waals surface area contributed by atoms with Crippen molar-refractivity contribution in [2.24, 2.45) is 0 Å². The zero-order chi connectivity index (χ0) is 14.8. The zero-order valence-electron chi connectivity index (χ0n) is 11.8. The molecule has 20 heavy (non-hydrogen) atoms. The largest absolute Gasteiger partial charge is 0.459 e. The number of allylic oxidation sites excluding steroid dienone is 1. The minimum atomic E-state index is -0.332. The predicted octanol–water partition coefficient (Wildman–Crippen LogP) is 3.09. The molecule has 1 saturated carbocycles. The van der Waals surface area contributed by atoms with E-state index in [0.29, 0.717) is 6.61 Å². The maximum Gasteiger partial charge on any atom is 0.330 e. The van der Waals surface area contributed by atoms with Crippen molar-refractivity contribution in [3.05, 3.63) is 37.0 Å². The van der Waals surface area contributed by atoms with Crippen LogP contribution in [-0.4, -0.2) is 24.6 Å². The number of carbonyl (C=O) groups is 2. The van der Waals surface area contributed by atoms with Gasteiger partial charge in [-0.25, -0.2) is 9.59 Å². The first-order valence-corrected chi connectivity index (χ1v) is 6.96. The lowest BCUT2D eigenvalue weighted by Crippen LogP contribution is -2.06. The van der Waals surface area contributed by atoms with Crippen molar-refractivity contribution < 1.29 is 19.1 Å². The normalized spacial score (nSPS) is 16.9. The SMILES string of the molecule is C=CC(=O)OC1CC1.C=CC(=O)OCC1=CCCCC1. The van der Waals surface area contributed by atoms with E-state index in [1.165, 1.54) is 30.6 Å². The van der Waals surface area contributed by atoms with Crippen LogP contribution < -0.4 is 0 Å². The first kappa shape index (κ1) is 16.2. The summed E-state index contributed by atoms with van der Waals surface area (Å²) in [6.07, 6.45) is 11.5. The number of esters is 2. The summed E-state index contributed by atoms with van der Waals surface area (Å²) in [5.74, 6) is -0.631. The zero-order valence-corrected chi connectivity index (χ0v) is 11.8. The predicted molar refractivity (Wildman–Crippen MR) is 77.0 cm³/mol. The first-order chi connectivity index (χ1) is 9.65. The molecule has 0 aromatic carbocycles. The molecule has 0 aromatic rings. The fraction of sp³-hybridized carbons (Fsp3) is 0.500. The van der Waals surface area contributed by atoms with E-state index in [-0.39, 0.29) is 18.0 Å². The summed E-state index contributed by atoms with van der Waals surface area (Å²) in [5.41, 5.74) is 1.25. The number of rotatable bonds is 5. The summed E-state index contributed by atoms with van der Waals surface area (Å²) in [5, 5.41) is 0. The topological polar surface area (TPSA) is 52.6 Å². The van der Waals surface area contributed by atoms with Crippen molar-refractivity contribution in [1.82, 2.24) is 0 Å². The molecule has 0 atom stereocenters. The van der Waals surface area contributed by atoms with Crippen LogP contribution in [0.4, 0.5) is 0 Å². The van der Waals surface area contributed by atoms with Crippen LogP contribution in [0.25, 0.3) is 0 Å². The monoisotopic (exact) mass is 278 g/mol. The first-order valence-electron chi connectivity index (χ1n) is 6.96. The molecule has 2 aliphatic carbocycles. The Bertz CT molecular complexity index is 391. The molecule has 2 aliphatic rings. The maximum atomic E-state index is 10.7. The van der Waals surface area contributed by atoms with Crippen LogP contribution in [0.2, 0.25) is 0 Å². The van der Waals surface area contributed by atoms with Crippen LogP contribution in [0.3, 0.4) is 0 Å². The van der Waals surface area contributed by atoms with Crippen molar-refractivity contribution in [3.8, 4) is 0 Å². The van der Waals surface area contributed by atoms with Crippen molar-refractivity contribution >= 4 is 11.9 Å². The average molecular weight is 278 g/mol. The van der Waals surface area contributed by atoms with Gasteiger partial charge in [0.25, 0.3) is 0 Å². The van der Waals surface area contributed by atoms with E-state index in [9.17, 15) is 9.59 Å². The molecule has 0 heterocycles. The fourth-order valence-electron chi connectivity index (χ4n) is 1.66. The number of hydrogen-bond acceptors (Lipinski definition) is 4. The van der Waals surface area contributed by atoms with Crippen LogP contribution in [0, 0.1) is 0 Å². The van der Waals surface area contributed by atoms with Crippen LogP contribution in [0.15, 0.2) is 37.0 Å². The minimum Gasteiger partial charge on any atom is -0.459 e. The third kappa shape index (κ3) is 7.56. The summed E-state index contributed by atoms with van der Waals surface area (Å²) in [6.45, 7) is 7.05. The van der Waals surface area contributed by atoms with Gasteiger partial charge >= 0.3 is 11.9 Å². The second-order valence-corrected chi connectivity index (χ2v) is 4.76. The van der Waals surface area contributed by atoms with Crippen LogP contribution in [0.5, 0.6) is 0 Å². The molecule has 4 heteroatoms. The molecule has 0 saturated heterocycles. The van der Waals surface area contributed by atoms with Gasteiger partial charge in [-0.15, -0.1) is 0 Å². The van der Waals surface area contributed by atoms with E-state index >= 15 is 0 Å². The summed E-state index contributed by atoms with van der Waals surface area (Å²) in [6, 6.07) is 0. The summed E-state index contributed by atoms with van der Waals surface area (Å²) in [7, 11) is 0. The van der Waals surface area contributed by atoms with Crippen LogP contribution in [-0.2, 0) is 19.1 Å². The van der Waals surface area contributed by atoms with Crippen LogP contribution in [0.1, 0.15) is 38.5 Å². The van der Waals surface area contributed by atoms with Crippen LogP contribution >= 0.6 is 0 Å². The molecule has 1 fully saturated rings. The van der Waals surface area contributed by atoms with Gasteiger partial charge in [-0.05, 0) is 44.1 Å². The van der Waals surface area contributed by atoms with E-state index < -0.39 is 0 Å². The van der Waals surface area contributed by atoms with Crippen molar-refractivity contribution in [1.29, 1.82) is 0 Å². The van der Waals surface area contributed by atoms with Gasteiger partial charge in [0.15, 0.2) is 0 Å². The smallest absolute Gasteiger partial charge is 0.330 e. The summed E-state index contributed by atoms with van der Waals surface area (Å²) in [4.78, 5) is 21.0. The molecule has 2 rings (SSSR count). The highest BCUT2D eigenvalue weighted by Crippen LogP contribution is 2.23. The number of hydrogen-bond donors (Lipinski definition) is 0. The Morgan fingerprint density at radius 1 is 1.20 bits per heavy atom. The quantitative estimate of drug-likeness (QED) is 0.440.